The van der Waals surface area contributed by atoms with Gasteiger partial charge in [0.15, 0.2) is 0 Å². The van der Waals surface area contributed by atoms with Crippen molar-refractivity contribution in [2.75, 3.05) is 0 Å². The molecule has 0 saturated heterocycles. The number of H-pyrrole nitrogens is 1. The lowest BCUT2D eigenvalue weighted by Gasteiger charge is -2.15. The highest BCUT2D eigenvalue weighted by Gasteiger charge is 2.17. The first-order valence-electron chi connectivity index (χ1n) is 6.36. The fourth-order valence-electron chi connectivity index (χ4n) is 2.31. The fraction of sp³-hybridized carbons (Fsp3) is 0.538. The molecular weight excluding hydrogens is 252 g/mol. The molecule has 0 spiro atoms. The standard InChI is InChI=1S/C13H17ClN2O2/c14-9-7-11(12(17)15-8-9)13(18)16-10-5-3-1-2-4-6-10/h7-8,10H,1-6H2,(H,15,17)(H,16,18). The van der Waals surface area contributed by atoms with Crippen LogP contribution in [-0.4, -0.2) is 16.9 Å². The third-order valence-electron chi connectivity index (χ3n) is 3.30. The van der Waals surface area contributed by atoms with Crippen molar-refractivity contribution in [3.05, 3.63) is 33.2 Å². The van der Waals surface area contributed by atoms with E-state index in [1.165, 1.54) is 25.1 Å². The van der Waals surface area contributed by atoms with Crippen molar-refractivity contribution in [3.63, 3.8) is 0 Å². The van der Waals surface area contributed by atoms with E-state index >= 15 is 0 Å². The molecule has 0 aliphatic heterocycles. The van der Waals surface area contributed by atoms with Crippen LogP contribution in [0.4, 0.5) is 0 Å². The molecule has 1 heterocycles. The average molecular weight is 269 g/mol. The quantitative estimate of drug-likeness (QED) is 0.810. The number of rotatable bonds is 2. The van der Waals surface area contributed by atoms with Gasteiger partial charge in [-0.05, 0) is 18.9 Å². The van der Waals surface area contributed by atoms with Crippen LogP contribution in [-0.2, 0) is 0 Å². The molecule has 2 rings (SSSR count). The summed E-state index contributed by atoms with van der Waals surface area (Å²) in [5.41, 5.74) is -0.308. The Morgan fingerprint density at radius 1 is 1.28 bits per heavy atom. The number of nitrogens with one attached hydrogen (secondary N) is 2. The number of halogens is 1. The molecule has 0 radical (unpaired) electrons. The predicted molar refractivity (Wildman–Crippen MR) is 71.0 cm³/mol. The Bertz CT molecular complexity index is 476. The molecule has 1 fully saturated rings. The average Bonchev–Trinajstić information content (AvgIpc) is 2.61. The van der Waals surface area contributed by atoms with Crippen LogP contribution in [0.2, 0.25) is 5.02 Å². The van der Waals surface area contributed by atoms with Gasteiger partial charge >= 0.3 is 0 Å². The van der Waals surface area contributed by atoms with Gasteiger partial charge < -0.3 is 10.3 Å². The minimum atomic E-state index is -0.398. The highest BCUT2D eigenvalue weighted by atomic mass is 35.5. The van der Waals surface area contributed by atoms with E-state index in [0.717, 1.165) is 25.7 Å². The van der Waals surface area contributed by atoms with Crippen LogP contribution in [0.15, 0.2) is 17.1 Å². The molecule has 4 nitrogen and oxygen atoms in total. The Morgan fingerprint density at radius 3 is 2.61 bits per heavy atom. The van der Waals surface area contributed by atoms with Crippen LogP contribution in [0.5, 0.6) is 0 Å². The fourth-order valence-corrected chi connectivity index (χ4v) is 2.48. The van der Waals surface area contributed by atoms with E-state index in [1.807, 2.05) is 0 Å². The lowest BCUT2D eigenvalue weighted by Crippen LogP contribution is -2.37. The van der Waals surface area contributed by atoms with Gasteiger partial charge in [-0.2, -0.15) is 0 Å². The first-order valence-corrected chi connectivity index (χ1v) is 6.74. The van der Waals surface area contributed by atoms with Crippen molar-refractivity contribution in [3.8, 4) is 0 Å². The molecule has 2 N–H and O–H groups in total. The second-order valence-corrected chi connectivity index (χ2v) is 5.16. The molecular formula is C13H17ClN2O2. The minimum Gasteiger partial charge on any atom is -0.349 e. The third kappa shape index (κ3) is 3.35. The van der Waals surface area contributed by atoms with Crippen molar-refractivity contribution < 1.29 is 4.79 Å². The van der Waals surface area contributed by atoms with Crippen molar-refractivity contribution in [2.24, 2.45) is 0 Å². The molecule has 1 aromatic rings. The molecule has 1 aliphatic carbocycles. The van der Waals surface area contributed by atoms with E-state index in [0.29, 0.717) is 5.02 Å². The number of hydrogen-bond donors (Lipinski definition) is 2. The molecule has 18 heavy (non-hydrogen) atoms. The molecule has 1 aliphatic rings. The Balaban J connectivity index is 2.06. The van der Waals surface area contributed by atoms with Crippen molar-refractivity contribution in [2.45, 2.75) is 44.6 Å². The third-order valence-corrected chi connectivity index (χ3v) is 3.52. The molecule has 1 amide bonds. The maximum atomic E-state index is 12.0. The molecule has 0 unspecified atom stereocenters. The van der Waals surface area contributed by atoms with E-state index in [4.69, 9.17) is 11.6 Å². The number of amides is 1. The van der Waals surface area contributed by atoms with Gasteiger partial charge in [-0.25, -0.2) is 0 Å². The van der Waals surface area contributed by atoms with Gasteiger partial charge in [-0.3, -0.25) is 9.59 Å². The number of aromatic amines is 1. The zero-order valence-electron chi connectivity index (χ0n) is 10.2. The van der Waals surface area contributed by atoms with Crippen LogP contribution in [0.3, 0.4) is 0 Å². The molecule has 0 aromatic carbocycles. The number of carbonyl (C=O) groups excluding carboxylic acids is 1. The lowest BCUT2D eigenvalue weighted by atomic mass is 10.1. The Labute approximate surface area is 111 Å². The van der Waals surface area contributed by atoms with E-state index in [1.54, 1.807) is 0 Å². The molecule has 0 atom stereocenters. The second kappa shape index (κ2) is 6.05. The SMILES string of the molecule is O=C(NC1CCCCCC1)c1cc(Cl)c[nH]c1=O. The van der Waals surface area contributed by atoms with E-state index in [9.17, 15) is 9.59 Å². The highest BCUT2D eigenvalue weighted by molar-refractivity contribution is 6.30. The second-order valence-electron chi connectivity index (χ2n) is 4.72. The summed E-state index contributed by atoms with van der Waals surface area (Å²) in [7, 11) is 0. The Morgan fingerprint density at radius 2 is 1.94 bits per heavy atom. The van der Waals surface area contributed by atoms with Gasteiger partial charge in [0.2, 0.25) is 0 Å². The summed E-state index contributed by atoms with van der Waals surface area (Å²) >= 11 is 5.78. The van der Waals surface area contributed by atoms with Gasteiger partial charge in [0, 0.05) is 12.2 Å². The molecule has 1 saturated carbocycles. The summed E-state index contributed by atoms with van der Waals surface area (Å²) in [6.07, 6.45) is 8.09. The first-order chi connectivity index (χ1) is 8.66. The highest BCUT2D eigenvalue weighted by Crippen LogP contribution is 2.17. The van der Waals surface area contributed by atoms with Crippen molar-refractivity contribution >= 4 is 17.5 Å². The van der Waals surface area contributed by atoms with Crippen LogP contribution >= 0.6 is 11.6 Å². The molecule has 98 valence electrons. The Kier molecular flexibility index (Phi) is 4.42. The molecule has 1 aromatic heterocycles. The van der Waals surface area contributed by atoms with Crippen LogP contribution in [0.1, 0.15) is 48.9 Å². The van der Waals surface area contributed by atoms with Crippen LogP contribution < -0.4 is 10.9 Å². The number of pyridine rings is 1. The van der Waals surface area contributed by atoms with Gasteiger partial charge in [-0.1, -0.05) is 37.3 Å². The first kappa shape index (κ1) is 13.1. The van der Waals surface area contributed by atoms with Gasteiger partial charge in [0.1, 0.15) is 5.56 Å². The minimum absolute atomic E-state index is 0.0896. The molecule has 0 bridgehead atoms. The largest absolute Gasteiger partial charge is 0.349 e. The van der Waals surface area contributed by atoms with Crippen LogP contribution in [0, 0.1) is 0 Å². The lowest BCUT2D eigenvalue weighted by molar-refractivity contribution is 0.0932. The number of carbonyl (C=O) groups is 1. The zero-order chi connectivity index (χ0) is 13.0. The van der Waals surface area contributed by atoms with Crippen LogP contribution in [0.25, 0.3) is 0 Å². The normalized spacial score (nSPS) is 17.2. The predicted octanol–water partition coefficient (Wildman–Crippen LogP) is 2.48. The maximum Gasteiger partial charge on any atom is 0.260 e. The summed E-state index contributed by atoms with van der Waals surface area (Å²) in [5.74, 6) is -0.328. The number of hydrogen-bond acceptors (Lipinski definition) is 2. The summed E-state index contributed by atoms with van der Waals surface area (Å²) in [6.45, 7) is 0. The summed E-state index contributed by atoms with van der Waals surface area (Å²) in [6, 6.07) is 1.59. The topological polar surface area (TPSA) is 62.0 Å². The van der Waals surface area contributed by atoms with E-state index < -0.39 is 5.56 Å². The number of aromatic nitrogens is 1. The van der Waals surface area contributed by atoms with Crippen molar-refractivity contribution in [1.29, 1.82) is 0 Å². The monoisotopic (exact) mass is 268 g/mol. The maximum absolute atomic E-state index is 12.0. The van der Waals surface area contributed by atoms with E-state index in [2.05, 4.69) is 10.3 Å². The Hall–Kier alpha value is -1.29. The van der Waals surface area contributed by atoms with Crippen molar-refractivity contribution in [1.82, 2.24) is 10.3 Å². The summed E-state index contributed by atoms with van der Waals surface area (Å²) in [5, 5.41) is 3.29. The van der Waals surface area contributed by atoms with Gasteiger partial charge in [-0.15, -0.1) is 0 Å². The zero-order valence-corrected chi connectivity index (χ0v) is 10.9. The van der Waals surface area contributed by atoms with Gasteiger partial charge in [0.05, 0.1) is 5.02 Å². The summed E-state index contributed by atoms with van der Waals surface area (Å²) in [4.78, 5) is 26.0. The summed E-state index contributed by atoms with van der Waals surface area (Å²) < 4.78 is 0. The molecule has 5 heteroatoms. The van der Waals surface area contributed by atoms with E-state index in [-0.39, 0.29) is 17.5 Å². The van der Waals surface area contributed by atoms with Gasteiger partial charge in [0.25, 0.3) is 11.5 Å². The smallest absolute Gasteiger partial charge is 0.260 e.